The highest BCUT2D eigenvalue weighted by Gasteiger charge is 2.40. The van der Waals surface area contributed by atoms with Crippen LogP contribution >= 0.6 is 0 Å². The Morgan fingerprint density at radius 3 is 1.69 bits per heavy atom. The van der Waals surface area contributed by atoms with Crippen LogP contribution in [0.1, 0.15) is 49.7 Å². The van der Waals surface area contributed by atoms with Crippen molar-refractivity contribution in [2.24, 2.45) is 0 Å². The van der Waals surface area contributed by atoms with Crippen LogP contribution in [0.15, 0.2) is 78.9 Å². The molecule has 0 aliphatic carbocycles. The molecule has 0 N–H and O–H groups in total. The number of hydrogen-bond donors (Lipinski definition) is 0. The van der Waals surface area contributed by atoms with E-state index in [2.05, 4.69) is 4.90 Å². The number of piperazine rings is 1. The molecule has 42 heavy (non-hydrogen) atoms. The predicted molar refractivity (Wildman–Crippen MR) is 144 cm³/mol. The lowest BCUT2D eigenvalue weighted by Crippen LogP contribution is -2.57. The number of carbonyl (C=O) groups is 2. The molecular weight excluding hydrogens is 560 g/mol. The molecule has 2 saturated heterocycles. The van der Waals surface area contributed by atoms with Gasteiger partial charge < -0.3 is 9.80 Å². The molecule has 0 spiro atoms. The fraction of sp³-hybridized carbons (Fsp3) is 0.355. The van der Waals surface area contributed by atoms with Gasteiger partial charge >= 0.3 is 12.4 Å². The Hall–Kier alpha value is -3.86. The van der Waals surface area contributed by atoms with Crippen LogP contribution in [0, 0.1) is 0 Å². The molecule has 2 amide bonds. The molecule has 2 fully saturated rings. The van der Waals surface area contributed by atoms with E-state index in [1.807, 2.05) is 48.5 Å². The number of hydrogen-bond acceptors (Lipinski definition) is 3. The Morgan fingerprint density at radius 2 is 1.14 bits per heavy atom. The third-order valence-electron chi connectivity index (χ3n) is 8.02. The topological polar surface area (TPSA) is 43.9 Å². The number of amides is 2. The van der Waals surface area contributed by atoms with Gasteiger partial charge in [-0.3, -0.25) is 14.5 Å². The van der Waals surface area contributed by atoms with Crippen molar-refractivity contribution in [2.45, 2.75) is 30.7 Å². The molecule has 3 aromatic rings. The number of likely N-dealkylation sites (tertiary alicyclic amines) is 1. The van der Waals surface area contributed by atoms with Crippen LogP contribution in [0.5, 0.6) is 0 Å². The van der Waals surface area contributed by atoms with Crippen LogP contribution in [0.25, 0.3) is 0 Å². The van der Waals surface area contributed by atoms with Gasteiger partial charge in [0.05, 0.1) is 11.1 Å². The average molecular weight is 590 g/mol. The van der Waals surface area contributed by atoms with Gasteiger partial charge in [0.15, 0.2) is 0 Å². The average Bonchev–Trinajstić information content (AvgIpc) is 3.00. The lowest BCUT2D eigenvalue weighted by molar-refractivity contribution is -0.143. The molecule has 0 bridgehead atoms. The minimum atomic E-state index is -5.04. The molecule has 3 aromatic carbocycles. The monoisotopic (exact) mass is 589 g/mol. The van der Waals surface area contributed by atoms with Gasteiger partial charge in [0.1, 0.15) is 0 Å². The van der Waals surface area contributed by atoms with Gasteiger partial charge in [-0.15, -0.1) is 0 Å². The number of halogens is 6. The molecule has 2 aliphatic heterocycles. The molecule has 0 radical (unpaired) electrons. The number of piperidine rings is 1. The minimum Gasteiger partial charge on any atom is -0.338 e. The second-order valence-electron chi connectivity index (χ2n) is 10.6. The highest BCUT2D eigenvalue weighted by molar-refractivity contribution is 5.95. The summed E-state index contributed by atoms with van der Waals surface area (Å²) < 4.78 is 80.6. The van der Waals surface area contributed by atoms with Crippen LogP contribution < -0.4 is 0 Å². The maximum Gasteiger partial charge on any atom is 0.416 e. The van der Waals surface area contributed by atoms with Crippen molar-refractivity contribution in [1.29, 1.82) is 0 Å². The van der Waals surface area contributed by atoms with Crippen molar-refractivity contribution in [1.82, 2.24) is 14.7 Å². The van der Waals surface area contributed by atoms with E-state index in [4.69, 9.17) is 0 Å². The first kappa shape index (κ1) is 29.6. The van der Waals surface area contributed by atoms with Crippen LogP contribution in [-0.4, -0.2) is 71.8 Å². The Kier molecular flexibility index (Phi) is 8.32. The fourth-order valence-corrected chi connectivity index (χ4v) is 5.87. The molecule has 5 nitrogen and oxygen atoms in total. The molecular formula is C31H29F6N3O2. The molecule has 2 atom stereocenters. The minimum absolute atomic E-state index is 0.0258. The lowest BCUT2D eigenvalue weighted by Gasteiger charge is -2.47. The quantitative estimate of drug-likeness (QED) is 0.342. The highest BCUT2D eigenvalue weighted by atomic mass is 19.4. The molecule has 2 aliphatic rings. The Balaban J connectivity index is 1.35. The number of alkyl halides is 6. The first-order chi connectivity index (χ1) is 19.9. The van der Waals surface area contributed by atoms with Gasteiger partial charge in [-0.2, -0.15) is 26.3 Å². The van der Waals surface area contributed by atoms with Gasteiger partial charge in [0, 0.05) is 62.4 Å². The van der Waals surface area contributed by atoms with Crippen molar-refractivity contribution >= 4 is 11.8 Å². The molecule has 0 aromatic heterocycles. The fourth-order valence-electron chi connectivity index (χ4n) is 5.87. The van der Waals surface area contributed by atoms with E-state index < -0.39 is 35.0 Å². The third kappa shape index (κ3) is 6.46. The first-order valence-corrected chi connectivity index (χ1v) is 13.6. The van der Waals surface area contributed by atoms with Crippen LogP contribution in [0.4, 0.5) is 26.3 Å². The second kappa shape index (κ2) is 11.8. The van der Waals surface area contributed by atoms with Gasteiger partial charge in [0.2, 0.25) is 0 Å². The van der Waals surface area contributed by atoms with Gasteiger partial charge in [-0.25, -0.2) is 0 Å². The van der Waals surface area contributed by atoms with Gasteiger partial charge in [0.25, 0.3) is 11.8 Å². The summed E-state index contributed by atoms with van der Waals surface area (Å²) in [5.74, 6) is -1.15. The largest absolute Gasteiger partial charge is 0.416 e. The molecule has 0 unspecified atom stereocenters. The maximum absolute atomic E-state index is 13.4. The van der Waals surface area contributed by atoms with Crippen molar-refractivity contribution in [3.63, 3.8) is 0 Å². The van der Waals surface area contributed by atoms with E-state index in [1.54, 1.807) is 17.0 Å². The van der Waals surface area contributed by atoms with Crippen molar-refractivity contribution in [3.05, 3.63) is 107 Å². The zero-order valence-corrected chi connectivity index (χ0v) is 22.5. The van der Waals surface area contributed by atoms with E-state index in [-0.39, 0.29) is 37.0 Å². The predicted octanol–water partition coefficient (Wildman–Crippen LogP) is 6.18. The van der Waals surface area contributed by atoms with Crippen LogP contribution in [0.3, 0.4) is 0 Å². The van der Waals surface area contributed by atoms with Crippen molar-refractivity contribution < 1.29 is 35.9 Å². The normalized spacial score (nSPS) is 20.4. The zero-order chi connectivity index (χ0) is 30.1. The third-order valence-corrected chi connectivity index (χ3v) is 8.02. The summed E-state index contributed by atoms with van der Waals surface area (Å²) in [5.41, 5.74) is -2.14. The Bertz CT molecular complexity index is 1370. The molecule has 11 heteroatoms. The standard InChI is InChI=1S/C31H29F6N3O2/c32-30(33,34)24-17-23(18-25(19-24)31(35,36)37)29(42)40-12-11-27(26(20-40)21-7-3-1-4-8-21)38-13-15-39(16-14-38)28(41)22-9-5-2-6-10-22/h1-10,17-19,26-27H,11-16,20H2/t26-,27-/m1/s1. The maximum atomic E-state index is 13.4. The number of nitrogens with zero attached hydrogens (tertiary/aromatic N) is 3. The SMILES string of the molecule is O=C(c1ccccc1)N1CCN([C@@H]2CCN(C(=O)c3cc(C(F)(F)F)cc(C(F)(F)F)c3)C[C@@H]2c2ccccc2)CC1. The molecule has 222 valence electrons. The van der Waals surface area contributed by atoms with Gasteiger partial charge in [-0.1, -0.05) is 48.5 Å². The summed E-state index contributed by atoms with van der Waals surface area (Å²) in [6, 6.07) is 19.4. The van der Waals surface area contributed by atoms with E-state index in [9.17, 15) is 35.9 Å². The molecule has 0 saturated carbocycles. The van der Waals surface area contributed by atoms with Gasteiger partial charge in [-0.05, 0) is 42.3 Å². The number of carbonyl (C=O) groups excluding carboxylic acids is 2. The van der Waals surface area contributed by atoms with E-state index in [1.165, 1.54) is 4.90 Å². The van der Waals surface area contributed by atoms with E-state index in [0.717, 1.165) is 5.56 Å². The van der Waals surface area contributed by atoms with Crippen LogP contribution in [-0.2, 0) is 12.4 Å². The smallest absolute Gasteiger partial charge is 0.338 e. The molecule has 2 heterocycles. The Labute approximate surface area is 239 Å². The summed E-state index contributed by atoms with van der Waals surface area (Å²) in [7, 11) is 0. The summed E-state index contributed by atoms with van der Waals surface area (Å²) in [6.07, 6.45) is -9.61. The summed E-state index contributed by atoms with van der Waals surface area (Å²) in [5, 5.41) is 0. The first-order valence-electron chi connectivity index (χ1n) is 13.6. The summed E-state index contributed by atoms with van der Waals surface area (Å²) in [4.78, 5) is 31.7. The van der Waals surface area contributed by atoms with Crippen molar-refractivity contribution in [3.8, 4) is 0 Å². The van der Waals surface area contributed by atoms with E-state index >= 15 is 0 Å². The summed E-state index contributed by atoms with van der Waals surface area (Å²) >= 11 is 0. The lowest BCUT2D eigenvalue weighted by atomic mass is 9.84. The molecule has 5 rings (SSSR count). The second-order valence-corrected chi connectivity index (χ2v) is 10.6. The van der Waals surface area contributed by atoms with E-state index in [0.29, 0.717) is 50.3 Å². The number of rotatable bonds is 4. The highest BCUT2D eigenvalue weighted by Crippen LogP contribution is 2.38. The zero-order valence-electron chi connectivity index (χ0n) is 22.5. The summed E-state index contributed by atoms with van der Waals surface area (Å²) in [6.45, 7) is 2.53. The van der Waals surface area contributed by atoms with Crippen molar-refractivity contribution in [2.75, 3.05) is 39.3 Å². The van der Waals surface area contributed by atoms with Crippen LogP contribution in [0.2, 0.25) is 0 Å². The number of benzene rings is 3. The Morgan fingerprint density at radius 1 is 0.619 bits per heavy atom.